The second-order valence-corrected chi connectivity index (χ2v) is 7.29. The zero-order valence-corrected chi connectivity index (χ0v) is 16.4. The number of para-hydroxylation sites is 1. The minimum atomic E-state index is -4.64. The van der Waals surface area contributed by atoms with E-state index in [9.17, 15) is 18.0 Å². The molecule has 0 saturated carbocycles. The molecule has 0 saturated heterocycles. The molecule has 0 aliphatic rings. The fourth-order valence-corrected chi connectivity index (χ4v) is 4.03. The summed E-state index contributed by atoms with van der Waals surface area (Å²) in [7, 11) is 0. The molecule has 5 aromatic rings. The van der Waals surface area contributed by atoms with Gasteiger partial charge in [0.05, 0.1) is 27.8 Å². The lowest BCUT2D eigenvalue weighted by Crippen LogP contribution is -2.09. The SMILES string of the molecule is Cc1noc(C)c1-c1cc(-c2c(C(F)(F)F)cnc3ccccc23)c2[nH]c(=O)[nH]c2c1. The molecular weight excluding hydrogens is 409 g/mol. The molecule has 0 bridgehead atoms. The number of fused-ring (bicyclic) bond motifs is 2. The molecule has 0 atom stereocenters. The van der Waals surface area contributed by atoms with E-state index >= 15 is 0 Å². The first kappa shape index (κ1) is 19.1. The summed E-state index contributed by atoms with van der Waals surface area (Å²) in [5.41, 5.74) is 1.71. The number of imidazole rings is 1. The number of nitrogens with zero attached hydrogens (tertiary/aromatic N) is 2. The second kappa shape index (κ2) is 6.56. The molecule has 0 aliphatic heterocycles. The Bertz CT molecular complexity index is 1510. The first-order chi connectivity index (χ1) is 14.7. The van der Waals surface area contributed by atoms with E-state index in [1.807, 2.05) is 0 Å². The molecule has 5 rings (SSSR count). The van der Waals surface area contributed by atoms with E-state index in [1.54, 1.807) is 50.2 Å². The van der Waals surface area contributed by atoms with Gasteiger partial charge in [0, 0.05) is 28.3 Å². The minimum absolute atomic E-state index is 0.0491. The number of aromatic nitrogens is 4. The van der Waals surface area contributed by atoms with Gasteiger partial charge in [0.2, 0.25) is 0 Å². The molecule has 0 aliphatic carbocycles. The van der Waals surface area contributed by atoms with Gasteiger partial charge in [-0.3, -0.25) is 4.98 Å². The number of benzene rings is 2. The monoisotopic (exact) mass is 424 g/mol. The molecule has 0 unspecified atom stereocenters. The summed E-state index contributed by atoms with van der Waals surface area (Å²) in [6.07, 6.45) is -3.81. The molecule has 0 spiro atoms. The zero-order chi connectivity index (χ0) is 21.9. The third-order valence-electron chi connectivity index (χ3n) is 5.30. The molecular formula is C22H15F3N4O2. The molecule has 0 fully saturated rings. The van der Waals surface area contributed by atoms with E-state index in [-0.39, 0.29) is 16.6 Å². The predicted molar refractivity (Wildman–Crippen MR) is 110 cm³/mol. The highest BCUT2D eigenvalue weighted by atomic mass is 19.4. The third-order valence-corrected chi connectivity index (χ3v) is 5.30. The Morgan fingerprint density at radius 1 is 1.03 bits per heavy atom. The van der Waals surface area contributed by atoms with Crippen LogP contribution in [0, 0.1) is 13.8 Å². The van der Waals surface area contributed by atoms with Gasteiger partial charge in [0.1, 0.15) is 5.76 Å². The number of hydrogen-bond acceptors (Lipinski definition) is 4. The topological polar surface area (TPSA) is 87.6 Å². The molecule has 0 radical (unpaired) electrons. The maximum atomic E-state index is 14.0. The van der Waals surface area contributed by atoms with Crippen LogP contribution in [-0.4, -0.2) is 20.1 Å². The van der Waals surface area contributed by atoms with Crippen LogP contribution in [0.15, 0.2) is 51.9 Å². The van der Waals surface area contributed by atoms with Gasteiger partial charge in [0.15, 0.2) is 0 Å². The quantitative estimate of drug-likeness (QED) is 0.399. The lowest BCUT2D eigenvalue weighted by molar-refractivity contribution is -0.137. The summed E-state index contributed by atoms with van der Waals surface area (Å²) in [6.45, 7) is 3.47. The summed E-state index contributed by atoms with van der Waals surface area (Å²) < 4.78 is 47.3. The summed E-state index contributed by atoms with van der Waals surface area (Å²) in [6, 6.07) is 9.92. The Labute approximate surface area is 172 Å². The summed E-state index contributed by atoms with van der Waals surface area (Å²) in [5.74, 6) is 0.524. The Morgan fingerprint density at radius 2 is 1.81 bits per heavy atom. The van der Waals surface area contributed by atoms with Gasteiger partial charge in [-0.05, 0) is 37.6 Å². The Kier molecular flexibility index (Phi) is 4.04. The largest absolute Gasteiger partial charge is 0.418 e. The molecule has 3 heterocycles. The van der Waals surface area contributed by atoms with Crippen molar-refractivity contribution in [3.8, 4) is 22.3 Å². The van der Waals surface area contributed by atoms with Gasteiger partial charge < -0.3 is 14.5 Å². The summed E-state index contributed by atoms with van der Waals surface area (Å²) in [4.78, 5) is 21.4. The number of aryl methyl sites for hydroxylation is 2. The Morgan fingerprint density at radius 3 is 2.52 bits per heavy atom. The molecule has 9 heteroatoms. The van der Waals surface area contributed by atoms with Crippen molar-refractivity contribution in [2.24, 2.45) is 0 Å². The lowest BCUT2D eigenvalue weighted by atomic mass is 9.92. The molecule has 6 nitrogen and oxygen atoms in total. The van der Waals surface area contributed by atoms with Crippen LogP contribution in [0.3, 0.4) is 0 Å². The number of nitrogens with one attached hydrogen (secondary N) is 2. The second-order valence-electron chi connectivity index (χ2n) is 7.29. The van der Waals surface area contributed by atoms with Crippen molar-refractivity contribution in [2.75, 3.05) is 0 Å². The predicted octanol–water partition coefficient (Wildman–Crippen LogP) is 5.36. The van der Waals surface area contributed by atoms with E-state index in [1.165, 1.54) is 0 Å². The number of H-pyrrole nitrogens is 2. The van der Waals surface area contributed by atoms with Crippen molar-refractivity contribution >= 4 is 21.9 Å². The number of rotatable bonds is 2. The van der Waals surface area contributed by atoms with Crippen LogP contribution in [0.5, 0.6) is 0 Å². The van der Waals surface area contributed by atoms with Crippen LogP contribution in [0.25, 0.3) is 44.2 Å². The summed E-state index contributed by atoms with van der Waals surface area (Å²) in [5, 5.41) is 4.27. The highest BCUT2D eigenvalue weighted by molar-refractivity contribution is 6.05. The number of aromatic amines is 2. The fraction of sp³-hybridized carbons (Fsp3) is 0.136. The van der Waals surface area contributed by atoms with Crippen LogP contribution in [0.1, 0.15) is 17.0 Å². The van der Waals surface area contributed by atoms with Crippen LogP contribution < -0.4 is 5.69 Å². The highest BCUT2D eigenvalue weighted by Gasteiger charge is 2.36. The number of alkyl halides is 3. The van der Waals surface area contributed by atoms with Crippen molar-refractivity contribution in [1.29, 1.82) is 0 Å². The van der Waals surface area contributed by atoms with Crippen LogP contribution >= 0.6 is 0 Å². The number of pyridine rings is 1. The average Bonchev–Trinajstić information content (AvgIpc) is 3.26. The van der Waals surface area contributed by atoms with E-state index in [0.29, 0.717) is 39.0 Å². The Hall–Kier alpha value is -3.88. The first-order valence-corrected chi connectivity index (χ1v) is 9.38. The molecule has 0 amide bonds. The van der Waals surface area contributed by atoms with E-state index in [4.69, 9.17) is 4.52 Å². The van der Waals surface area contributed by atoms with Gasteiger partial charge in [0.25, 0.3) is 0 Å². The smallest absolute Gasteiger partial charge is 0.361 e. The highest BCUT2D eigenvalue weighted by Crippen LogP contribution is 2.43. The van der Waals surface area contributed by atoms with Gasteiger partial charge in [-0.25, -0.2) is 4.79 Å². The van der Waals surface area contributed by atoms with E-state index < -0.39 is 17.4 Å². The van der Waals surface area contributed by atoms with Crippen LogP contribution in [-0.2, 0) is 6.18 Å². The lowest BCUT2D eigenvalue weighted by Gasteiger charge is -2.17. The van der Waals surface area contributed by atoms with Gasteiger partial charge in [-0.15, -0.1) is 0 Å². The van der Waals surface area contributed by atoms with Crippen molar-refractivity contribution < 1.29 is 17.7 Å². The van der Waals surface area contributed by atoms with Gasteiger partial charge >= 0.3 is 11.9 Å². The third kappa shape index (κ3) is 3.00. The molecule has 156 valence electrons. The maximum Gasteiger partial charge on any atom is 0.418 e. The van der Waals surface area contributed by atoms with Crippen molar-refractivity contribution in [2.45, 2.75) is 20.0 Å². The zero-order valence-electron chi connectivity index (χ0n) is 16.4. The van der Waals surface area contributed by atoms with E-state index in [2.05, 4.69) is 20.1 Å². The van der Waals surface area contributed by atoms with Crippen molar-refractivity contribution in [3.05, 3.63) is 70.1 Å². The number of hydrogen-bond donors (Lipinski definition) is 2. The van der Waals surface area contributed by atoms with Crippen molar-refractivity contribution in [1.82, 2.24) is 20.1 Å². The maximum absolute atomic E-state index is 14.0. The summed E-state index contributed by atoms with van der Waals surface area (Å²) >= 11 is 0. The van der Waals surface area contributed by atoms with Crippen LogP contribution in [0.4, 0.5) is 13.2 Å². The average molecular weight is 424 g/mol. The van der Waals surface area contributed by atoms with Crippen LogP contribution in [0.2, 0.25) is 0 Å². The van der Waals surface area contributed by atoms with Crippen molar-refractivity contribution in [3.63, 3.8) is 0 Å². The molecule has 2 aromatic carbocycles. The minimum Gasteiger partial charge on any atom is -0.361 e. The van der Waals surface area contributed by atoms with Gasteiger partial charge in [-0.2, -0.15) is 13.2 Å². The molecule has 2 N–H and O–H groups in total. The Balaban J connectivity index is 1.96. The van der Waals surface area contributed by atoms with Gasteiger partial charge in [-0.1, -0.05) is 23.4 Å². The normalized spacial score (nSPS) is 12.2. The molecule has 31 heavy (non-hydrogen) atoms. The fourth-order valence-electron chi connectivity index (χ4n) is 4.03. The standard InChI is InChI=1S/C22H15F3N4O2/c1-10-18(11(2)31-29-10)12-7-14(20-17(8-12)27-21(30)28-20)19-13-5-3-4-6-16(13)26-9-15(19)22(23,24)25/h3-9H,1-2H3,(H2,27,28,30). The number of halogens is 3. The molecule has 3 aromatic heterocycles. The van der Waals surface area contributed by atoms with E-state index in [0.717, 1.165) is 6.20 Å². The first-order valence-electron chi connectivity index (χ1n) is 9.38.